The van der Waals surface area contributed by atoms with Crippen LogP contribution in [-0.2, 0) is 23.9 Å². The molecule has 0 aromatic heterocycles. The number of nitrogens with one attached hydrogen (secondary N) is 2. The van der Waals surface area contributed by atoms with E-state index in [0.717, 1.165) is 14.8 Å². The summed E-state index contributed by atoms with van der Waals surface area (Å²) in [5, 5.41) is 21.4. The Labute approximate surface area is 288 Å². The minimum atomic E-state index is -1.62. The third kappa shape index (κ3) is 7.41. The van der Waals surface area contributed by atoms with E-state index in [-0.39, 0.29) is 60.6 Å². The van der Waals surface area contributed by atoms with Crippen LogP contribution in [-0.4, -0.2) is 93.7 Å². The van der Waals surface area contributed by atoms with Gasteiger partial charge in [0.05, 0.1) is 31.0 Å². The van der Waals surface area contributed by atoms with Gasteiger partial charge in [-0.3, -0.25) is 19.3 Å². The van der Waals surface area contributed by atoms with Crippen LogP contribution >= 0.6 is 11.8 Å². The van der Waals surface area contributed by atoms with Crippen molar-refractivity contribution in [3.8, 4) is 0 Å². The summed E-state index contributed by atoms with van der Waals surface area (Å²) in [6, 6.07) is 9.51. The zero-order valence-electron chi connectivity index (χ0n) is 24.7. The first-order valence-corrected chi connectivity index (χ1v) is 14.7. The second-order valence-electron chi connectivity index (χ2n) is 10.1. The number of ether oxygens (including phenoxy) is 1. The monoisotopic (exact) mass is 660 g/mol. The summed E-state index contributed by atoms with van der Waals surface area (Å²) >= 11 is 1.17. The molecule has 0 radical (unpaired) electrons. The molecule has 5 rings (SSSR count). The van der Waals surface area contributed by atoms with Gasteiger partial charge in [-0.1, -0.05) is 42.5 Å². The van der Waals surface area contributed by atoms with Crippen LogP contribution < -0.4 is 45.3 Å². The van der Waals surface area contributed by atoms with E-state index in [4.69, 9.17) is 4.74 Å². The molecule has 2 fully saturated rings. The maximum atomic E-state index is 13.5. The van der Waals surface area contributed by atoms with Crippen LogP contribution in [0.4, 0.5) is 14.0 Å². The quantitative estimate of drug-likeness (QED) is 0.125. The van der Waals surface area contributed by atoms with E-state index in [2.05, 4.69) is 15.7 Å². The zero-order chi connectivity index (χ0) is 32.2. The second kappa shape index (κ2) is 14.9. The average molecular weight is 661 g/mol. The van der Waals surface area contributed by atoms with Crippen LogP contribution in [0.5, 0.6) is 0 Å². The molecule has 46 heavy (non-hydrogen) atoms. The molecule has 3 atom stereocenters. The van der Waals surface area contributed by atoms with Gasteiger partial charge in [0.25, 0.3) is 5.91 Å². The second-order valence-corrected chi connectivity index (χ2v) is 11.2. The van der Waals surface area contributed by atoms with Crippen molar-refractivity contribution in [2.75, 3.05) is 25.4 Å². The summed E-state index contributed by atoms with van der Waals surface area (Å²) in [7, 11) is 0. The number of imide groups is 1. The number of fused-ring (bicyclic) bond motifs is 1. The van der Waals surface area contributed by atoms with Crippen LogP contribution in [0, 0.1) is 5.82 Å². The number of esters is 1. The molecule has 14 nitrogen and oxygen atoms in total. The van der Waals surface area contributed by atoms with Crippen LogP contribution in [0.3, 0.4) is 0 Å². The molecule has 0 aliphatic carbocycles. The van der Waals surface area contributed by atoms with Crippen LogP contribution in [0.25, 0.3) is 0 Å². The minimum absolute atomic E-state index is 0. The standard InChI is InChI=1S/C29H27FN6O8S.Na/c1-16(37)44-14-19-15-45-26-22(25(39)36(26)23(19)27(40)41)32-24(38)21(18-5-3-2-4-6-18)33-28(42)34-11-12-35(29(34)43)31-13-17-7-9-20(30)10-8-17;/h2-10,13,21-22,26H,11-12,14-15H2,1H3,(H,32,38)(H,33,42)(H,40,41);/q;+1/p-1/t21-,22?,26-;/m1./s1. The molecule has 0 saturated carbocycles. The van der Waals surface area contributed by atoms with E-state index in [1.165, 1.54) is 49.2 Å². The number of carboxylic acids is 1. The first kappa shape index (κ1) is 34.6. The Morgan fingerprint density at radius 3 is 2.46 bits per heavy atom. The molecule has 3 aliphatic heterocycles. The molecule has 0 spiro atoms. The number of benzene rings is 2. The summed E-state index contributed by atoms with van der Waals surface area (Å²) in [5.41, 5.74) is 0.670. The molecule has 3 heterocycles. The fourth-order valence-electron chi connectivity index (χ4n) is 4.86. The number of amides is 6. The van der Waals surface area contributed by atoms with E-state index < -0.39 is 64.8 Å². The molecule has 2 aromatic rings. The van der Waals surface area contributed by atoms with Crippen molar-refractivity contribution in [1.82, 2.24) is 25.4 Å². The largest absolute Gasteiger partial charge is 1.00 e. The Balaban J connectivity index is 0.00000480. The van der Waals surface area contributed by atoms with Crippen molar-refractivity contribution in [2.45, 2.75) is 24.4 Å². The molecule has 2 saturated heterocycles. The van der Waals surface area contributed by atoms with Gasteiger partial charge in [0.15, 0.2) is 0 Å². The molecule has 3 aliphatic rings. The van der Waals surface area contributed by atoms with Crippen molar-refractivity contribution in [3.05, 3.63) is 82.8 Å². The number of carbonyl (C=O) groups excluding carboxylic acids is 6. The van der Waals surface area contributed by atoms with Gasteiger partial charge in [-0.05, 0) is 23.3 Å². The van der Waals surface area contributed by atoms with Gasteiger partial charge in [0.1, 0.15) is 29.9 Å². The number of thioether (sulfide) groups is 1. The first-order valence-electron chi connectivity index (χ1n) is 13.6. The summed E-state index contributed by atoms with van der Waals surface area (Å²) in [6.45, 7) is 0.883. The van der Waals surface area contributed by atoms with Gasteiger partial charge in [-0.2, -0.15) is 5.10 Å². The number of nitrogens with zero attached hydrogens (tertiary/aromatic N) is 4. The van der Waals surface area contributed by atoms with E-state index in [1.54, 1.807) is 30.3 Å². The van der Waals surface area contributed by atoms with Gasteiger partial charge in [0.2, 0.25) is 5.91 Å². The smallest absolute Gasteiger partial charge is 0.543 e. The number of hydrazone groups is 1. The SMILES string of the molecule is CC(=O)OCC1=C(C(=O)[O-])N2C(=O)C(NC(=O)[C@H](NC(=O)N3CCN(N=Cc4ccc(F)cc4)C3=O)c3ccccc3)[C@H]2SC1.[Na+]. The maximum absolute atomic E-state index is 13.5. The molecular formula is C29H26FN6NaO8S. The van der Waals surface area contributed by atoms with E-state index >= 15 is 0 Å². The van der Waals surface area contributed by atoms with E-state index in [0.29, 0.717) is 11.1 Å². The number of β-lactam (4-membered cyclic amide) rings is 1. The number of carboxylic acid groups (broad SMARTS) is 1. The minimum Gasteiger partial charge on any atom is -0.543 e. The molecular weight excluding hydrogens is 634 g/mol. The summed E-state index contributed by atoms with van der Waals surface area (Å²) < 4.78 is 18.1. The number of halogens is 1. The molecule has 234 valence electrons. The summed E-state index contributed by atoms with van der Waals surface area (Å²) in [6.07, 6.45) is 1.35. The third-order valence-electron chi connectivity index (χ3n) is 7.10. The van der Waals surface area contributed by atoms with Gasteiger partial charge >= 0.3 is 47.6 Å². The number of hydrogen-bond acceptors (Lipinski definition) is 10. The number of rotatable bonds is 9. The van der Waals surface area contributed by atoms with Crippen LogP contribution in [0.1, 0.15) is 24.1 Å². The topological polar surface area (TPSA) is 181 Å². The Bertz CT molecular complexity index is 1610. The molecule has 2 N–H and O–H groups in total. The van der Waals surface area contributed by atoms with Crippen molar-refractivity contribution in [3.63, 3.8) is 0 Å². The Morgan fingerprint density at radius 1 is 1.11 bits per heavy atom. The third-order valence-corrected chi connectivity index (χ3v) is 8.44. The van der Waals surface area contributed by atoms with Crippen LogP contribution in [0.2, 0.25) is 0 Å². The van der Waals surface area contributed by atoms with E-state index in [9.17, 15) is 38.3 Å². The number of aliphatic carboxylic acids is 1. The Hall–Kier alpha value is -4.25. The predicted molar refractivity (Wildman–Crippen MR) is 154 cm³/mol. The molecule has 0 bridgehead atoms. The Morgan fingerprint density at radius 2 is 1.80 bits per heavy atom. The molecule has 2 aromatic carbocycles. The summed E-state index contributed by atoms with van der Waals surface area (Å²) in [4.78, 5) is 77.7. The van der Waals surface area contributed by atoms with Crippen molar-refractivity contribution in [1.29, 1.82) is 0 Å². The van der Waals surface area contributed by atoms with Gasteiger partial charge in [-0.15, -0.1) is 11.8 Å². The number of hydrogen-bond donors (Lipinski definition) is 2. The molecule has 17 heteroatoms. The fraction of sp³-hybridized carbons (Fsp3) is 0.276. The molecule has 1 unspecified atom stereocenters. The zero-order valence-corrected chi connectivity index (χ0v) is 27.5. The number of carbonyl (C=O) groups is 6. The van der Waals surface area contributed by atoms with Gasteiger partial charge in [-0.25, -0.2) is 23.9 Å². The summed E-state index contributed by atoms with van der Waals surface area (Å²) in [5.74, 6) is -4.06. The average Bonchev–Trinajstić information content (AvgIpc) is 3.40. The molecule has 6 amide bonds. The Kier molecular flexibility index (Phi) is 11.2. The van der Waals surface area contributed by atoms with Crippen molar-refractivity contribution in [2.24, 2.45) is 5.10 Å². The van der Waals surface area contributed by atoms with Gasteiger partial charge in [0, 0.05) is 18.2 Å². The van der Waals surface area contributed by atoms with Crippen LogP contribution in [0.15, 0.2) is 71.0 Å². The first-order chi connectivity index (χ1) is 21.5. The van der Waals surface area contributed by atoms with E-state index in [1.807, 2.05) is 0 Å². The normalized spacial score (nSPS) is 19.7. The van der Waals surface area contributed by atoms with Gasteiger partial charge < -0.3 is 25.3 Å². The van der Waals surface area contributed by atoms with Crippen molar-refractivity contribution < 1.29 is 72.6 Å². The maximum Gasteiger partial charge on any atom is 1.00 e. The van der Waals surface area contributed by atoms with Crippen molar-refractivity contribution >= 4 is 53.8 Å². The fourth-order valence-corrected chi connectivity index (χ4v) is 6.19. The number of urea groups is 2. The predicted octanol–water partition coefficient (Wildman–Crippen LogP) is -2.68.